The molecule has 0 bridgehead atoms. The van der Waals surface area contributed by atoms with Gasteiger partial charge in [-0.05, 0) is 32.0 Å². The third kappa shape index (κ3) is 3.84. The summed E-state index contributed by atoms with van der Waals surface area (Å²) < 4.78 is 7.21. The normalized spacial score (nSPS) is 10.5. The fourth-order valence-corrected chi connectivity index (χ4v) is 1.66. The van der Waals surface area contributed by atoms with Crippen molar-refractivity contribution in [2.75, 3.05) is 5.32 Å². The first-order valence-electron chi connectivity index (χ1n) is 6.18. The minimum atomic E-state index is -0.136. The average Bonchev–Trinajstić information content (AvgIpc) is 2.83. The Bertz CT molecular complexity index is 535. The van der Waals surface area contributed by atoms with Crippen molar-refractivity contribution in [3.8, 4) is 5.75 Å². The highest BCUT2D eigenvalue weighted by atomic mass is 16.5. The van der Waals surface area contributed by atoms with Crippen LogP contribution in [0.3, 0.4) is 0 Å². The zero-order valence-electron chi connectivity index (χ0n) is 11.0. The number of para-hydroxylation sites is 2. The zero-order chi connectivity index (χ0) is 13.7. The van der Waals surface area contributed by atoms with E-state index in [0.717, 1.165) is 0 Å². The zero-order valence-corrected chi connectivity index (χ0v) is 11.0. The lowest BCUT2D eigenvalue weighted by atomic mass is 10.3. The Morgan fingerprint density at radius 1 is 1.37 bits per heavy atom. The van der Waals surface area contributed by atoms with Gasteiger partial charge in [-0.15, -0.1) is 0 Å². The monoisotopic (exact) mass is 259 g/mol. The number of ether oxygens (including phenoxy) is 1. The molecule has 0 fully saturated rings. The first-order valence-corrected chi connectivity index (χ1v) is 6.18. The van der Waals surface area contributed by atoms with Crippen LogP contribution in [0.2, 0.25) is 0 Å². The number of benzene rings is 1. The van der Waals surface area contributed by atoms with Gasteiger partial charge < -0.3 is 10.1 Å². The SMILES string of the molecule is CC(C)Oc1ccccc1NC(=O)Cn1cccn1. The van der Waals surface area contributed by atoms with E-state index in [9.17, 15) is 4.79 Å². The third-order valence-corrected chi connectivity index (χ3v) is 2.39. The Balaban J connectivity index is 2.04. The van der Waals surface area contributed by atoms with Crippen LogP contribution in [0.4, 0.5) is 5.69 Å². The van der Waals surface area contributed by atoms with E-state index in [4.69, 9.17) is 4.74 Å². The lowest BCUT2D eigenvalue weighted by molar-refractivity contribution is -0.116. The van der Waals surface area contributed by atoms with Crippen molar-refractivity contribution < 1.29 is 9.53 Å². The number of carbonyl (C=O) groups is 1. The molecule has 0 unspecified atom stereocenters. The first kappa shape index (κ1) is 13.1. The summed E-state index contributed by atoms with van der Waals surface area (Å²) in [5, 5.41) is 6.82. The Kier molecular flexibility index (Phi) is 4.18. The van der Waals surface area contributed by atoms with Crippen LogP contribution in [0, 0.1) is 0 Å². The number of hydrogen-bond acceptors (Lipinski definition) is 3. The summed E-state index contributed by atoms with van der Waals surface area (Å²) in [5.41, 5.74) is 0.674. The number of nitrogens with one attached hydrogen (secondary N) is 1. The van der Waals surface area contributed by atoms with Crippen LogP contribution in [-0.2, 0) is 11.3 Å². The number of hydrogen-bond donors (Lipinski definition) is 1. The smallest absolute Gasteiger partial charge is 0.246 e. The molecule has 100 valence electrons. The molecule has 1 N–H and O–H groups in total. The van der Waals surface area contributed by atoms with Crippen molar-refractivity contribution in [2.24, 2.45) is 0 Å². The van der Waals surface area contributed by atoms with E-state index in [-0.39, 0.29) is 18.6 Å². The summed E-state index contributed by atoms with van der Waals surface area (Å²) in [6.07, 6.45) is 3.45. The molecule has 2 aromatic rings. The van der Waals surface area contributed by atoms with Crippen molar-refractivity contribution in [3.05, 3.63) is 42.7 Å². The second kappa shape index (κ2) is 6.04. The molecule has 5 nitrogen and oxygen atoms in total. The maximum Gasteiger partial charge on any atom is 0.246 e. The number of anilines is 1. The molecule has 0 saturated carbocycles. The molecule has 0 aliphatic rings. The lowest BCUT2D eigenvalue weighted by Gasteiger charge is -2.14. The van der Waals surface area contributed by atoms with Crippen LogP contribution in [0.1, 0.15) is 13.8 Å². The molecule has 2 rings (SSSR count). The predicted molar refractivity (Wildman–Crippen MR) is 73.1 cm³/mol. The molecule has 0 saturated heterocycles. The predicted octanol–water partition coefficient (Wildman–Crippen LogP) is 2.31. The van der Waals surface area contributed by atoms with Gasteiger partial charge in [0.05, 0.1) is 11.8 Å². The van der Waals surface area contributed by atoms with Gasteiger partial charge in [0.15, 0.2) is 0 Å². The van der Waals surface area contributed by atoms with Crippen LogP contribution < -0.4 is 10.1 Å². The van der Waals surface area contributed by atoms with E-state index >= 15 is 0 Å². The summed E-state index contributed by atoms with van der Waals surface area (Å²) in [6.45, 7) is 4.08. The number of rotatable bonds is 5. The molecule has 19 heavy (non-hydrogen) atoms. The van der Waals surface area contributed by atoms with Crippen LogP contribution in [0.15, 0.2) is 42.7 Å². The molecule has 5 heteroatoms. The quantitative estimate of drug-likeness (QED) is 0.896. The molecule has 0 spiro atoms. The van der Waals surface area contributed by atoms with Gasteiger partial charge in [0.2, 0.25) is 5.91 Å². The minimum Gasteiger partial charge on any atom is -0.489 e. The van der Waals surface area contributed by atoms with E-state index in [2.05, 4.69) is 10.4 Å². The van der Waals surface area contributed by atoms with Crippen LogP contribution in [0.5, 0.6) is 5.75 Å². The maximum absolute atomic E-state index is 11.9. The van der Waals surface area contributed by atoms with Crippen LogP contribution >= 0.6 is 0 Å². The topological polar surface area (TPSA) is 56.1 Å². The van der Waals surface area contributed by atoms with E-state index in [1.54, 1.807) is 23.1 Å². The molecule has 1 aromatic carbocycles. The molecular weight excluding hydrogens is 242 g/mol. The van der Waals surface area contributed by atoms with Crippen LogP contribution in [0.25, 0.3) is 0 Å². The number of carbonyl (C=O) groups excluding carboxylic acids is 1. The van der Waals surface area contributed by atoms with Gasteiger partial charge in [-0.25, -0.2) is 0 Å². The Labute approximate surface area is 112 Å². The van der Waals surface area contributed by atoms with Gasteiger partial charge in [-0.1, -0.05) is 12.1 Å². The Hall–Kier alpha value is -2.30. The van der Waals surface area contributed by atoms with Gasteiger partial charge in [-0.2, -0.15) is 5.10 Å². The Morgan fingerprint density at radius 2 is 2.16 bits per heavy atom. The average molecular weight is 259 g/mol. The highest BCUT2D eigenvalue weighted by Crippen LogP contribution is 2.24. The first-order chi connectivity index (χ1) is 9.15. The maximum atomic E-state index is 11.9. The second-order valence-corrected chi connectivity index (χ2v) is 4.41. The summed E-state index contributed by atoms with van der Waals surface area (Å²) in [7, 11) is 0. The number of amides is 1. The van der Waals surface area contributed by atoms with E-state index in [1.165, 1.54) is 0 Å². The highest BCUT2D eigenvalue weighted by molar-refractivity contribution is 5.92. The molecular formula is C14H17N3O2. The largest absolute Gasteiger partial charge is 0.489 e. The fourth-order valence-electron chi connectivity index (χ4n) is 1.66. The fraction of sp³-hybridized carbons (Fsp3) is 0.286. The van der Waals surface area contributed by atoms with Crippen LogP contribution in [-0.4, -0.2) is 21.8 Å². The van der Waals surface area contributed by atoms with Gasteiger partial charge in [-0.3, -0.25) is 9.48 Å². The molecule has 0 aliphatic heterocycles. The van der Waals surface area contributed by atoms with Crippen molar-refractivity contribution in [3.63, 3.8) is 0 Å². The standard InChI is InChI=1S/C14H17N3O2/c1-11(2)19-13-7-4-3-6-12(13)16-14(18)10-17-9-5-8-15-17/h3-9,11H,10H2,1-2H3,(H,16,18). The minimum absolute atomic E-state index is 0.0594. The summed E-state index contributed by atoms with van der Waals surface area (Å²) in [4.78, 5) is 11.9. The molecule has 1 aromatic heterocycles. The van der Waals surface area contributed by atoms with Gasteiger partial charge >= 0.3 is 0 Å². The van der Waals surface area contributed by atoms with Crippen molar-refractivity contribution in [1.82, 2.24) is 9.78 Å². The second-order valence-electron chi connectivity index (χ2n) is 4.41. The third-order valence-electron chi connectivity index (χ3n) is 2.39. The summed E-state index contributed by atoms with van der Waals surface area (Å²) in [6, 6.07) is 9.17. The summed E-state index contributed by atoms with van der Waals surface area (Å²) >= 11 is 0. The number of nitrogens with zero attached hydrogens (tertiary/aromatic N) is 2. The molecule has 0 atom stereocenters. The highest BCUT2D eigenvalue weighted by Gasteiger charge is 2.09. The molecule has 0 aliphatic carbocycles. The summed E-state index contributed by atoms with van der Waals surface area (Å²) in [5.74, 6) is 0.537. The van der Waals surface area contributed by atoms with E-state index in [0.29, 0.717) is 11.4 Å². The van der Waals surface area contributed by atoms with Gasteiger partial charge in [0.25, 0.3) is 0 Å². The van der Waals surface area contributed by atoms with Gasteiger partial charge in [0, 0.05) is 12.4 Å². The Morgan fingerprint density at radius 3 is 2.84 bits per heavy atom. The lowest BCUT2D eigenvalue weighted by Crippen LogP contribution is -2.20. The van der Waals surface area contributed by atoms with Crippen molar-refractivity contribution in [1.29, 1.82) is 0 Å². The molecule has 0 radical (unpaired) electrons. The number of aromatic nitrogens is 2. The van der Waals surface area contributed by atoms with Crippen molar-refractivity contribution in [2.45, 2.75) is 26.5 Å². The van der Waals surface area contributed by atoms with E-state index in [1.807, 2.05) is 38.1 Å². The molecule has 1 heterocycles. The van der Waals surface area contributed by atoms with Crippen molar-refractivity contribution >= 4 is 11.6 Å². The molecule has 1 amide bonds. The van der Waals surface area contributed by atoms with E-state index < -0.39 is 0 Å². The van der Waals surface area contributed by atoms with Gasteiger partial charge in [0.1, 0.15) is 12.3 Å².